The molecule has 15 heavy (non-hydrogen) atoms. The van der Waals surface area contributed by atoms with E-state index in [0.717, 1.165) is 10.9 Å². The van der Waals surface area contributed by atoms with Crippen LogP contribution in [0.1, 0.15) is 24.5 Å². The molecule has 0 saturated heterocycles. The van der Waals surface area contributed by atoms with Gasteiger partial charge in [-0.1, -0.05) is 28.9 Å². The molecule has 0 heterocycles. The van der Waals surface area contributed by atoms with E-state index in [1.54, 1.807) is 6.92 Å². The molecule has 0 radical (unpaired) electrons. The fourth-order valence-electron chi connectivity index (χ4n) is 1.46. The van der Waals surface area contributed by atoms with Crippen molar-refractivity contribution in [2.45, 2.75) is 26.7 Å². The van der Waals surface area contributed by atoms with Crippen molar-refractivity contribution in [1.82, 2.24) is 0 Å². The molecule has 1 N–H and O–H groups in total. The Labute approximate surface area is 98.4 Å². The van der Waals surface area contributed by atoms with E-state index < -0.39 is 5.97 Å². The summed E-state index contributed by atoms with van der Waals surface area (Å²) < 4.78 is 1.06. The molecule has 0 saturated carbocycles. The summed E-state index contributed by atoms with van der Waals surface area (Å²) in [4.78, 5) is 10.6. The third-order valence-corrected chi connectivity index (χ3v) is 2.85. The summed E-state index contributed by atoms with van der Waals surface area (Å²) >= 11 is 3.43. The molecular weight excluding hydrogens is 256 g/mol. The quantitative estimate of drug-likeness (QED) is 0.911. The number of aliphatic carboxylic acids is 1. The lowest BCUT2D eigenvalue weighted by atomic mass is 10.0. The Morgan fingerprint density at radius 1 is 1.47 bits per heavy atom. The summed E-state index contributed by atoms with van der Waals surface area (Å²) in [6.45, 7) is 3.78. The van der Waals surface area contributed by atoms with Crippen LogP contribution in [0.4, 0.5) is 0 Å². The van der Waals surface area contributed by atoms with Crippen molar-refractivity contribution in [3.8, 4) is 0 Å². The van der Waals surface area contributed by atoms with Gasteiger partial charge in [0.1, 0.15) is 0 Å². The van der Waals surface area contributed by atoms with Gasteiger partial charge in [0, 0.05) is 4.47 Å². The van der Waals surface area contributed by atoms with Crippen molar-refractivity contribution in [3.63, 3.8) is 0 Å². The largest absolute Gasteiger partial charge is 0.481 e. The van der Waals surface area contributed by atoms with Crippen LogP contribution in [0.2, 0.25) is 0 Å². The number of hydrogen-bond donors (Lipinski definition) is 1. The number of aryl methyl sites for hydroxylation is 2. The van der Waals surface area contributed by atoms with Crippen LogP contribution in [-0.2, 0) is 11.2 Å². The summed E-state index contributed by atoms with van der Waals surface area (Å²) in [5.41, 5.74) is 2.39. The van der Waals surface area contributed by atoms with Gasteiger partial charge in [0.25, 0.3) is 0 Å². The van der Waals surface area contributed by atoms with Crippen molar-refractivity contribution in [3.05, 3.63) is 33.8 Å². The highest BCUT2D eigenvalue weighted by Gasteiger charge is 2.10. The highest BCUT2D eigenvalue weighted by molar-refractivity contribution is 9.10. The first-order valence-electron chi connectivity index (χ1n) is 4.98. The molecular formula is C12H15BrO2. The smallest absolute Gasteiger partial charge is 0.306 e. The number of hydrogen-bond acceptors (Lipinski definition) is 1. The molecule has 0 bridgehead atoms. The molecule has 0 spiro atoms. The van der Waals surface area contributed by atoms with E-state index in [1.165, 1.54) is 11.1 Å². The van der Waals surface area contributed by atoms with Crippen LogP contribution in [0.15, 0.2) is 22.7 Å². The summed E-state index contributed by atoms with van der Waals surface area (Å²) in [5, 5.41) is 8.76. The maximum absolute atomic E-state index is 10.6. The third kappa shape index (κ3) is 4.04. The second-order valence-corrected chi connectivity index (χ2v) is 4.83. The predicted octanol–water partition coefficient (Wildman–Crippen LogP) is 3.41. The van der Waals surface area contributed by atoms with Gasteiger partial charge in [-0.15, -0.1) is 0 Å². The number of benzene rings is 1. The van der Waals surface area contributed by atoms with E-state index in [1.807, 2.05) is 19.1 Å². The zero-order valence-corrected chi connectivity index (χ0v) is 10.5. The summed E-state index contributed by atoms with van der Waals surface area (Å²) in [5.74, 6) is -0.994. The molecule has 1 aromatic rings. The lowest BCUT2D eigenvalue weighted by molar-refractivity contribution is -0.141. The molecule has 2 nitrogen and oxygen atoms in total. The van der Waals surface area contributed by atoms with Crippen molar-refractivity contribution < 1.29 is 9.90 Å². The molecule has 1 unspecified atom stereocenters. The molecule has 0 aliphatic heterocycles. The second-order valence-electron chi connectivity index (χ2n) is 3.91. The average Bonchev–Trinajstić information content (AvgIpc) is 2.12. The Balaban J connectivity index is 2.61. The monoisotopic (exact) mass is 270 g/mol. The van der Waals surface area contributed by atoms with Gasteiger partial charge in [0.15, 0.2) is 0 Å². The standard InChI is InChI=1S/C12H15BrO2/c1-8-5-10(7-11(13)6-8)4-3-9(2)12(14)15/h5-7,9H,3-4H2,1-2H3,(H,14,15). The Morgan fingerprint density at radius 3 is 2.67 bits per heavy atom. The van der Waals surface area contributed by atoms with Gasteiger partial charge in [-0.25, -0.2) is 0 Å². The second kappa shape index (κ2) is 5.31. The summed E-state index contributed by atoms with van der Waals surface area (Å²) in [6.07, 6.45) is 1.50. The van der Waals surface area contributed by atoms with Crippen LogP contribution < -0.4 is 0 Å². The molecule has 0 aliphatic rings. The van der Waals surface area contributed by atoms with Crippen LogP contribution in [0.3, 0.4) is 0 Å². The topological polar surface area (TPSA) is 37.3 Å². The van der Waals surface area contributed by atoms with Crippen LogP contribution in [0.25, 0.3) is 0 Å². The fraction of sp³-hybridized carbons (Fsp3) is 0.417. The normalized spacial score (nSPS) is 12.5. The van der Waals surface area contributed by atoms with Crippen LogP contribution >= 0.6 is 15.9 Å². The minimum Gasteiger partial charge on any atom is -0.481 e. The highest BCUT2D eigenvalue weighted by atomic mass is 79.9. The molecule has 82 valence electrons. The molecule has 0 fully saturated rings. The summed E-state index contributed by atoms with van der Waals surface area (Å²) in [6, 6.07) is 6.19. The number of carbonyl (C=O) groups is 1. The van der Waals surface area contributed by atoms with Crippen LogP contribution in [0, 0.1) is 12.8 Å². The third-order valence-electron chi connectivity index (χ3n) is 2.39. The van der Waals surface area contributed by atoms with E-state index in [9.17, 15) is 4.79 Å². The SMILES string of the molecule is Cc1cc(Br)cc(CCC(C)C(=O)O)c1. The first-order valence-corrected chi connectivity index (χ1v) is 5.77. The van der Waals surface area contributed by atoms with Gasteiger partial charge in [-0.2, -0.15) is 0 Å². The maximum Gasteiger partial charge on any atom is 0.306 e. The maximum atomic E-state index is 10.6. The Kier molecular flexibility index (Phi) is 4.33. The van der Waals surface area contributed by atoms with Crippen LogP contribution in [-0.4, -0.2) is 11.1 Å². The van der Waals surface area contributed by atoms with Gasteiger partial charge in [0.2, 0.25) is 0 Å². The number of carboxylic acids is 1. The zero-order chi connectivity index (χ0) is 11.4. The first kappa shape index (κ1) is 12.2. The lowest BCUT2D eigenvalue weighted by Crippen LogP contribution is -2.10. The highest BCUT2D eigenvalue weighted by Crippen LogP contribution is 2.18. The fourth-order valence-corrected chi connectivity index (χ4v) is 2.12. The number of rotatable bonds is 4. The molecule has 1 aromatic carbocycles. The van der Waals surface area contributed by atoms with Gasteiger partial charge in [-0.3, -0.25) is 4.79 Å². The molecule has 0 aromatic heterocycles. The predicted molar refractivity (Wildman–Crippen MR) is 64.0 cm³/mol. The lowest BCUT2D eigenvalue weighted by Gasteiger charge is -2.07. The molecule has 1 atom stereocenters. The van der Waals surface area contributed by atoms with Crippen molar-refractivity contribution in [1.29, 1.82) is 0 Å². The van der Waals surface area contributed by atoms with E-state index >= 15 is 0 Å². The van der Waals surface area contributed by atoms with Gasteiger partial charge in [0.05, 0.1) is 5.92 Å². The van der Waals surface area contributed by atoms with E-state index in [0.29, 0.717) is 6.42 Å². The molecule has 1 rings (SSSR count). The molecule has 3 heteroatoms. The zero-order valence-electron chi connectivity index (χ0n) is 8.96. The van der Waals surface area contributed by atoms with Gasteiger partial charge < -0.3 is 5.11 Å². The van der Waals surface area contributed by atoms with Crippen molar-refractivity contribution in [2.24, 2.45) is 5.92 Å². The van der Waals surface area contributed by atoms with Crippen LogP contribution in [0.5, 0.6) is 0 Å². The van der Waals surface area contributed by atoms with Crippen molar-refractivity contribution in [2.75, 3.05) is 0 Å². The van der Waals surface area contributed by atoms with E-state index in [2.05, 4.69) is 22.0 Å². The van der Waals surface area contributed by atoms with Gasteiger partial charge in [-0.05, 0) is 43.0 Å². The Morgan fingerprint density at radius 2 is 2.13 bits per heavy atom. The number of halogens is 1. The molecule has 0 amide bonds. The van der Waals surface area contributed by atoms with Gasteiger partial charge >= 0.3 is 5.97 Å². The minimum absolute atomic E-state index is 0.274. The van der Waals surface area contributed by atoms with E-state index in [-0.39, 0.29) is 5.92 Å². The number of carboxylic acid groups (broad SMARTS) is 1. The van der Waals surface area contributed by atoms with E-state index in [4.69, 9.17) is 5.11 Å². The Hall–Kier alpha value is -0.830. The Bertz CT molecular complexity index is 340. The molecule has 0 aliphatic carbocycles. The first-order chi connectivity index (χ1) is 6.99. The minimum atomic E-state index is -0.721. The summed E-state index contributed by atoms with van der Waals surface area (Å²) in [7, 11) is 0. The van der Waals surface area contributed by atoms with Crippen molar-refractivity contribution >= 4 is 21.9 Å². The average molecular weight is 271 g/mol.